The van der Waals surface area contributed by atoms with Crippen molar-refractivity contribution in [2.24, 2.45) is 5.10 Å². The number of phenols is 1. The molecule has 1 atom stereocenters. The van der Waals surface area contributed by atoms with Crippen LogP contribution in [0.1, 0.15) is 34.8 Å². The Balaban J connectivity index is 2.06. The molecule has 1 unspecified atom stereocenters. The fraction of sp³-hybridized carbons (Fsp3) is 0.235. The lowest BCUT2D eigenvalue weighted by Gasteiger charge is -2.31. The molecule has 1 aliphatic rings. The van der Waals surface area contributed by atoms with Gasteiger partial charge in [-0.05, 0) is 31.5 Å². The third-order valence-electron chi connectivity index (χ3n) is 3.91. The molecule has 0 aliphatic carbocycles. The van der Waals surface area contributed by atoms with Crippen LogP contribution >= 0.6 is 0 Å². The van der Waals surface area contributed by atoms with Crippen LogP contribution < -0.4 is 0 Å². The molecule has 2 N–H and O–H groups in total. The number of rotatable bonds is 2. The van der Waals surface area contributed by atoms with Crippen LogP contribution in [-0.2, 0) is 5.72 Å². The molecule has 0 saturated carbocycles. The summed E-state index contributed by atoms with van der Waals surface area (Å²) in [6.45, 7) is 3.45. The van der Waals surface area contributed by atoms with E-state index in [1.807, 2.05) is 0 Å². The number of aromatic nitrogens is 1. The molecule has 118 valence electrons. The highest BCUT2D eigenvalue weighted by Gasteiger charge is 2.45. The molecule has 2 heterocycles. The lowest BCUT2D eigenvalue weighted by Crippen LogP contribution is -2.43. The maximum atomic E-state index is 12.8. The number of hydrogen-bond acceptors (Lipinski definition) is 5. The van der Waals surface area contributed by atoms with Crippen LogP contribution in [0.25, 0.3) is 0 Å². The average Bonchev–Trinajstić information content (AvgIpc) is 2.86. The number of aryl methyl sites for hydroxylation is 1. The Hall–Kier alpha value is -2.73. The predicted molar refractivity (Wildman–Crippen MR) is 84.9 cm³/mol. The fourth-order valence-corrected chi connectivity index (χ4v) is 2.70. The normalized spacial score (nSPS) is 20.5. The summed E-state index contributed by atoms with van der Waals surface area (Å²) in [7, 11) is 0. The first-order valence-electron chi connectivity index (χ1n) is 7.23. The quantitative estimate of drug-likeness (QED) is 0.890. The van der Waals surface area contributed by atoms with Gasteiger partial charge >= 0.3 is 0 Å². The minimum absolute atomic E-state index is 0.103. The molecule has 0 fully saturated rings. The second kappa shape index (κ2) is 5.48. The van der Waals surface area contributed by atoms with E-state index in [1.165, 1.54) is 12.3 Å². The first-order chi connectivity index (χ1) is 10.9. The summed E-state index contributed by atoms with van der Waals surface area (Å²) < 4.78 is 0. The van der Waals surface area contributed by atoms with Crippen molar-refractivity contribution in [1.29, 1.82) is 0 Å². The summed E-state index contributed by atoms with van der Waals surface area (Å²) >= 11 is 0. The Morgan fingerprint density at radius 1 is 1.26 bits per heavy atom. The molecular weight excluding hydrogens is 294 g/mol. The molecule has 6 heteroatoms. The second-order valence-corrected chi connectivity index (χ2v) is 5.66. The van der Waals surface area contributed by atoms with Gasteiger partial charge in [0.15, 0.2) is 5.72 Å². The van der Waals surface area contributed by atoms with Gasteiger partial charge in [0.1, 0.15) is 5.75 Å². The van der Waals surface area contributed by atoms with E-state index < -0.39 is 11.6 Å². The molecule has 2 aromatic rings. The minimum atomic E-state index is -1.61. The number of phenolic OH excluding ortho intramolecular Hbond substituents is 1. The van der Waals surface area contributed by atoms with Crippen molar-refractivity contribution in [3.63, 3.8) is 0 Å². The van der Waals surface area contributed by atoms with E-state index in [0.717, 1.165) is 5.01 Å². The van der Waals surface area contributed by atoms with E-state index in [2.05, 4.69) is 10.1 Å². The van der Waals surface area contributed by atoms with Gasteiger partial charge in [0.05, 0.1) is 5.56 Å². The summed E-state index contributed by atoms with van der Waals surface area (Å²) in [5.74, 6) is -0.666. The van der Waals surface area contributed by atoms with E-state index >= 15 is 0 Å². The van der Waals surface area contributed by atoms with Gasteiger partial charge in [0, 0.05) is 30.1 Å². The molecule has 0 bridgehead atoms. The van der Waals surface area contributed by atoms with Crippen LogP contribution in [0.5, 0.6) is 5.75 Å². The van der Waals surface area contributed by atoms with Gasteiger partial charge in [-0.1, -0.05) is 18.2 Å². The Morgan fingerprint density at radius 2 is 2.04 bits per heavy atom. The Labute approximate surface area is 133 Å². The lowest BCUT2D eigenvalue weighted by molar-refractivity contribution is -0.0768. The van der Waals surface area contributed by atoms with Crippen molar-refractivity contribution < 1.29 is 15.0 Å². The van der Waals surface area contributed by atoms with Crippen molar-refractivity contribution >= 4 is 11.6 Å². The summed E-state index contributed by atoms with van der Waals surface area (Å²) in [4.78, 5) is 16.8. The predicted octanol–water partition coefficient (Wildman–Crippen LogP) is 2.16. The monoisotopic (exact) mass is 311 g/mol. The number of benzene rings is 1. The third kappa shape index (κ3) is 2.47. The van der Waals surface area contributed by atoms with Gasteiger partial charge in [-0.15, -0.1) is 0 Å². The van der Waals surface area contributed by atoms with Crippen molar-refractivity contribution in [1.82, 2.24) is 9.99 Å². The summed E-state index contributed by atoms with van der Waals surface area (Å²) in [6.07, 6.45) is 3.29. The number of hydrogen-bond donors (Lipinski definition) is 2. The summed E-state index contributed by atoms with van der Waals surface area (Å²) in [5, 5.41) is 26.4. The van der Waals surface area contributed by atoms with Crippen molar-refractivity contribution in [3.05, 3.63) is 59.4 Å². The molecule has 6 nitrogen and oxygen atoms in total. The first kappa shape index (κ1) is 15.2. The second-order valence-electron chi connectivity index (χ2n) is 5.66. The molecule has 23 heavy (non-hydrogen) atoms. The number of para-hydroxylation sites is 1. The highest BCUT2D eigenvalue weighted by atomic mass is 16.3. The summed E-state index contributed by atoms with van der Waals surface area (Å²) in [5.41, 5.74) is 0.176. The number of aromatic hydroxyl groups is 1. The number of nitrogens with zero attached hydrogens (tertiary/aromatic N) is 3. The standard InChI is InChI=1S/C17H17N3O3/c1-11-5-3-7-14(15(11)21)16(22)20-17(23,9-12(2)19-20)13-6-4-8-18-10-13/h3-8,10,21,23H,9H2,1-2H3. The molecule has 1 amide bonds. The van der Waals surface area contributed by atoms with Crippen LogP contribution in [-0.4, -0.2) is 31.8 Å². The molecule has 0 saturated heterocycles. The Kier molecular flexibility index (Phi) is 3.61. The zero-order valence-corrected chi connectivity index (χ0v) is 12.9. The lowest BCUT2D eigenvalue weighted by atomic mass is 9.98. The molecule has 1 aromatic heterocycles. The smallest absolute Gasteiger partial charge is 0.280 e. The van der Waals surface area contributed by atoms with Crippen molar-refractivity contribution in [2.75, 3.05) is 0 Å². The zero-order valence-electron chi connectivity index (χ0n) is 12.9. The van der Waals surface area contributed by atoms with Gasteiger partial charge in [-0.2, -0.15) is 10.1 Å². The summed E-state index contributed by atoms with van der Waals surface area (Å²) in [6, 6.07) is 8.28. The zero-order chi connectivity index (χ0) is 16.6. The van der Waals surface area contributed by atoms with Gasteiger partial charge in [0.2, 0.25) is 0 Å². The molecule has 0 spiro atoms. The SMILES string of the molecule is CC1=NN(C(=O)c2cccc(C)c2O)C(O)(c2cccnc2)C1. The highest BCUT2D eigenvalue weighted by Crippen LogP contribution is 2.37. The molecule has 0 radical (unpaired) electrons. The van der Waals surface area contributed by atoms with Crippen LogP contribution in [0, 0.1) is 6.92 Å². The first-order valence-corrected chi connectivity index (χ1v) is 7.23. The fourth-order valence-electron chi connectivity index (χ4n) is 2.70. The molecule has 3 rings (SSSR count). The number of carbonyl (C=O) groups is 1. The van der Waals surface area contributed by atoms with E-state index in [0.29, 0.717) is 16.8 Å². The number of amides is 1. The molecule has 1 aromatic carbocycles. The van der Waals surface area contributed by atoms with Crippen LogP contribution in [0.2, 0.25) is 0 Å². The van der Waals surface area contributed by atoms with Gasteiger partial charge in [-0.25, -0.2) is 0 Å². The van der Waals surface area contributed by atoms with E-state index in [1.54, 1.807) is 44.3 Å². The molecular formula is C17H17N3O3. The van der Waals surface area contributed by atoms with E-state index in [9.17, 15) is 15.0 Å². The van der Waals surface area contributed by atoms with Crippen LogP contribution in [0.3, 0.4) is 0 Å². The van der Waals surface area contributed by atoms with Gasteiger partial charge < -0.3 is 10.2 Å². The maximum Gasteiger partial charge on any atom is 0.280 e. The Bertz CT molecular complexity index is 789. The van der Waals surface area contributed by atoms with Crippen molar-refractivity contribution in [2.45, 2.75) is 26.0 Å². The number of pyridine rings is 1. The van der Waals surface area contributed by atoms with Crippen LogP contribution in [0.4, 0.5) is 0 Å². The van der Waals surface area contributed by atoms with Gasteiger partial charge in [-0.3, -0.25) is 9.78 Å². The van der Waals surface area contributed by atoms with E-state index in [-0.39, 0.29) is 17.7 Å². The maximum absolute atomic E-state index is 12.8. The number of carbonyl (C=O) groups excluding carboxylic acids is 1. The average molecular weight is 311 g/mol. The molecule has 1 aliphatic heterocycles. The highest BCUT2D eigenvalue weighted by molar-refractivity contribution is 6.00. The largest absolute Gasteiger partial charge is 0.507 e. The van der Waals surface area contributed by atoms with E-state index in [4.69, 9.17) is 0 Å². The van der Waals surface area contributed by atoms with Gasteiger partial charge in [0.25, 0.3) is 5.91 Å². The van der Waals surface area contributed by atoms with Crippen LogP contribution in [0.15, 0.2) is 47.8 Å². The van der Waals surface area contributed by atoms with Crippen molar-refractivity contribution in [3.8, 4) is 5.75 Å². The third-order valence-corrected chi connectivity index (χ3v) is 3.91. The Morgan fingerprint density at radius 3 is 2.74 bits per heavy atom. The number of hydrazone groups is 1. The minimum Gasteiger partial charge on any atom is -0.507 e. The topological polar surface area (TPSA) is 86.0 Å². The number of aliphatic hydroxyl groups is 1.